The molecule has 0 bridgehead atoms. The van der Waals surface area contributed by atoms with Gasteiger partial charge >= 0.3 is 5.97 Å². The second kappa shape index (κ2) is 6.08. The number of aromatic nitrogens is 1. The normalized spacial score (nSPS) is 10.9. The standard InChI is InChI=1S/C14H16ClNO3/c1-19-14(18)3-2-6-16-8-10(9-17)12-5-4-11(15)7-13(12)16/h4-5,7-8,17H,2-3,6,9H2,1H3. The fraction of sp³-hybridized carbons (Fsp3) is 0.357. The average molecular weight is 282 g/mol. The summed E-state index contributed by atoms with van der Waals surface area (Å²) in [7, 11) is 1.39. The number of aliphatic hydroxyl groups is 1. The molecule has 0 radical (unpaired) electrons. The van der Waals surface area contributed by atoms with E-state index in [-0.39, 0.29) is 12.6 Å². The quantitative estimate of drug-likeness (QED) is 0.858. The van der Waals surface area contributed by atoms with Crippen molar-refractivity contribution in [1.29, 1.82) is 0 Å². The van der Waals surface area contributed by atoms with Crippen molar-refractivity contribution in [3.8, 4) is 0 Å². The van der Waals surface area contributed by atoms with Crippen LogP contribution in [0.25, 0.3) is 10.9 Å². The molecule has 0 spiro atoms. The lowest BCUT2D eigenvalue weighted by Gasteiger charge is -2.05. The number of benzene rings is 1. The summed E-state index contributed by atoms with van der Waals surface area (Å²) in [5.41, 5.74) is 1.84. The number of nitrogens with zero attached hydrogens (tertiary/aromatic N) is 1. The van der Waals surface area contributed by atoms with Gasteiger partial charge in [-0.3, -0.25) is 4.79 Å². The lowest BCUT2D eigenvalue weighted by atomic mass is 10.2. The van der Waals surface area contributed by atoms with Gasteiger partial charge in [0.1, 0.15) is 0 Å². The Morgan fingerprint density at radius 1 is 1.47 bits per heavy atom. The molecule has 1 aromatic heterocycles. The summed E-state index contributed by atoms with van der Waals surface area (Å²) in [5.74, 6) is -0.211. The highest BCUT2D eigenvalue weighted by atomic mass is 35.5. The Morgan fingerprint density at radius 3 is 2.95 bits per heavy atom. The third-order valence-corrected chi connectivity index (χ3v) is 3.34. The monoisotopic (exact) mass is 281 g/mol. The minimum atomic E-state index is -0.211. The van der Waals surface area contributed by atoms with Crippen LogP contribution in [-0.4, -0.2) is 22.8 Å². The summed E-state index contributed by atoms with van der Waals surface area (Å²) in [4.78, 5) is 11.1. The number of ether oxygens (including phenoxy) is 1. The predicted octanol–water partition coefficient (Wildman–Crippen LogP) is 2.74. The molecule has 0 aliphatic heterocycles. The molecule has 0 saturated heterocycles. The molecule has 0 aliphatic carbocycles. The Labute approximate surface area is 116 Å². The highest BCUT2D eigenvalue weighted by molar-refractivity contribution is 6.31. The zero-order valence-electron chi connectivity index (χ0n) is 10.7. The molecule has 0 saturated carbocycles. The Morgan fingerprint density at radius 2 is 2.26 bits per heavy atom. The van der Waals surface area contributed by atoms with Crippen molar-refractivity contribution >= 4 is 28.5 Å². The van der Waals surface area contributed by atoms with Crippen molar-refractivity contribution in [3.05, 3.63) is 35.0 Å². The van der Waals surface area contributed by atoms with E-state index in [4.69, 9.17) is 11.6 Å². The topological polar surface area (TPSA) is 51.5 Å². The Kier molecular flexibility index (Phi) is 4.45. The minimum Gasteiger partial charge on any atom is -0.469 e. The first kappa shape index (κ1) is 13.9. The number of hydrogen-bond acceptors (Lipinski definition) is 3. The number of carbonyl (C=O) groups is 1. The number of halogens is 1. The van der Waals surface area contributed by atoms with Crippen LogP contribution in [0.2, 0.25) is 5.02 Å². The van der Waals surface area contributed by atoms with Gasteiger partial charge in [0.15, 0.2) is 0 Å². The van der Waals surface area contributed by atoms with Crippen LogP contribution in [-0.2, 0) is 22.7 Å². The van der Waals surface area contributed by atoms with Crippen LogP contribution >= 0.6 is 11.6 Å². The highest BCUT2D eigenvalue weighted by Gasteiger charge is 2.09. The molecule has 0 amide bonds. The molecule has 0 atom stereocenters. The molecular formula is C14H16ClNO3. The zero-order chi connectivity index (χ0) is 13.8. The molecular weight excluding hydrogens is 266 g/mol. The molecule has 19 heavy (non-hydrogen) atoms. The van der Waals surface area contributed by atoms with E-state index in [1.165, 1.54) is 7.11 Å². The van der Waals surface area contributed by atoms with Crippen LogP contribution in [0, 0.1) is 0 Å². The second-order valence-corrected chi connectivity index (χ2v) is 4.78. The second-order valence-electron chi connectivity index (χ2n) is 4.35. The van der Waals surface area contributed by atoms with E-state index in [1.54, 1.807) is 0 Å². The van der Waals surface area contributed by atoms with Crippen molar-refractivity contribution in [3.63, 3.8) is 0 Å². The molecule has 1 N–H and O–H groups in total. The van der Waals surface area contributed by atoms with Crippen molar-refractivity contribution in [2.24, 2.45) is 0 Å². The van der Waals surface area contributed by atoms with Crippen LogP contribution in [0.4, 0.5) is 0 Å². The lowest BCUT2D eigenvalue weighted by molar-refractivity contribution is -0.140. The fourth-order valence-corrected chi connectivity index (χ4v) is 2.31. The van der Waals surface area contributed by atoms with E-state index in [2.05, 4.69) is 4.74 Å². The maximum absolute atomic E-state index is 11.1. The number of aryl methyl sites for hydroxylation is 1. The Hall–Kier alpha value is -1.52. The first-order valence-electron chi connectivity index (χ1n) is 6.10. The molecule has 0 aliphatic rings. The number of hydrogen-bond donors (Lipinski definition) is 1. The van der Waals surface area contributed by atoms with Crippen LogP contribution in [0.15, 0.2) is 24.4 Å². The molecule has 102 valence electrons. The first-order valence-corrected chi connectivity index (χ1v) is 6.48. The molecule has 2 rings (SSSR count). The van der Waals surface area contributed by atoms with Gasteiger partial charge in [0, 0.05) is 40.7 Å². The minimum absolute atomic E-state index is 0.0118. The first-order chi connectivity index (χ1) is 9.15. The van der Waals surface area contributed by atoms with Gasteiger partial charge in [-0.05, 0) is 18.6 Å². The van der Waals surface area contributed by atoms with Gasteiger partial charge in [0.25, 0.3) is 0 Å². The maximum Gasteiger partial charge on any atom is 0.305 e. The number of rotatable bonds is 5. The number of esters is 1. The Balaban J connectivity index is 2.22. The summed E-state index contributed by atoms with van der Waals surface area (Å²) in [6.07, 6.45) is 2.97. The fourth-order valence-electron chi connectivity index (χ4n) is 2.15. The summed E-state index contributed by atoms with van der Waals surface area (Å²) >= 11 is 6.00. The van der Waals surface area contributed by atoms with Gasteiger partial charge in [-0.1, -0.05) is 17.7 Å². The number of aliphatic hydroxyl groups excluding tert-OH is 1. The van der Waals surface area contributed by atoms with Gasteiger partial charge < -0.3 is 14.4 Å². The van der Waals surface area contributed by atoms with Crippen molar-refractivity contribution in [1.82, 2.24) is 4.57 Å². The third-order valence-electron chi connectivity index (χ3n) is 3.10. The molecule has 4 nitrogen and oxygen atoms in total. The molecule has 1 heterocycles. The van der Waals surface area contributed by atoms with Gasteiger partial charge in [-0.2, -0.15) is 0 Å². The average Bonchev–Trinajstić information content (AvgIpc) is 2.76. The van der Waals surface area contributed by atoms with Crippen molar-refractivity contribution in [2.75, 3.05) is 7.11 Å². The van der Waals surface area contributed by atoms with Gasteiger partial charge in [-0.25, -0.2) is 0 Å². The van der Waals surface area contributed by atoms with Gasteiger partial charge in [0.2, 0.25) is 0 Å². The van der Waals surface area contributed by atoms with E-state index in [9.17, 15) is 9.90 Å². The van der Waals surface area contributed by atoms with E-state index < -0.39 is 0 Å². The molecule has 1 aromatic carbocycles. The van der Waals surface area contributed by atoms with E-state index in [0.29, 0.717) is 24.4 Å². The Bertz CT molecular complexity index is 592. The highest BCUT2D eigenvalue weighted by Crippen LogP contribution is 2.25. The van der Waals surface area contributed by atoms with Crippen molar-refractivity contribution in [2.45, 2.75) is 26.0 Å². The predicted molar refractivity (Wildman–Crippen MR) is 74.1 cm³/mol. The van der Waals surface area contributed by atoms with Crippen LogP contribution < -0.4 is 0 Å². The van der Waals surface area contributed by atoms with Crippen LogP contribution in [0.3, 0.4) is 0 Å². The summed E-state index contributed by atoms with van der Waals surface area (Å²) in [6.45, 7) is 0.675. The lowest BCUT2D eigenvalue weighted by Crippen LogP contribution is -2.03. The third kappa shape index (κ3) is 3.08. The molecule has 2 aromatic rings. The van der Waals surface area contributed by atoms with Gasteiger partial charge in [-0.15, -0.1) is 0 Å². The largest absolute Gasteiger partial charge is 0.469 e. The SMILES string of the molecule is COC(=O)CCCn1cc(CO)c2ccc(Cl)cc21. The van der Waals surface area contributed by atoms with E-state index in [1.807, 2.05) is 29.0 Å². The van der Waals surface area contributed by atoms with Gasteiger partial charge in [0.05, 0.1) is 13.7 Å². The number of methoxy groups -OCH3 is 1. The van der Waals surface area contributed by atoms with Crippen LogP contribution in [0.5, 0.6) is 0 Å². The summed E-state index contributed by atoms with van der Waals surface area (Å²) in [5, 5.41) is 11.0. The number of fused-ring (bicyclic) bond motifs is 1. The molecule has 0 unspecified atom stereocenters. The smallest absolute Gasteiger partial charge is 0.305 e. The summed E-state index contributed by atoms with van der Waals surface area (Å²) < 4.78 is 6.62. The summed E-state index contributed by atoms with van der Waals surface area (Å²) in [6, 6.07) is 5.58. The number of carbonyl (C=O) groups excluding carboxylic acids is 1. The van der Waals surface area contributed by atoms with Crippen LogP contribution in [0.1, 0.15) is 18.4 Å². The van der Waals surface area contributed by atoms with E-state index >= 15 is 0 Å². The molecule has 0 fully saturated rings. The maximum atomic E-state index is 11.1. The van der Waals surface area contributed by atoms with E-state index in [0.717, 1.165) is 16.5 Å². The van der Waals surface area contributed by atoms with Crippen molar-refractivity contribution < 1.29 is 14.6 Å². The zero-order valence-corrected chi connectivity index (χ0v) is 11.5. The molecule has 5 heteroatoms.